The third-order valence-corrected chi connectivity index (χ3v) is 12.4. The molecular formula is C91H146Cl4N4O3S. The highest BCUT2D eigenvalue weighted by atomic mass is 35.5. The van der Waals surface area contributed by atoms with E-state index in [4.69, 9.17) is 14.6 Å². The Bertz CT molecular complexity index is 2550. The van der Waals surface area contributed by atoms with E-state index in [1.54, 1.807) is 30.8 Å². The maximum absolute atomic E-state index is 9.01. The largest absolute Gasteiger partial charge is 0.494 e. The van der Waals surface area contributed by atoms with Crippen LogP contribution in [0.1, 0.15) is 165 Å². The number of aryl methyl sites for hydroxylation is 3. The Morgan fingerprint density at radius 1 is 0.447 bits per heavy atom. The SMILES string of the molecule is C1CC2(CC2)CN1.CC(C)C.CC(C)C.CC(C)C.CC(C)C.CC(C)C.CC(O)C1CCNC1.CCOc1ccccc1.CCl.CCl.CCl.CCl.COCc1ccccc1.Cc1ccccc1.Cc1ccccc1.Cc1nc2ccccc2s1.c1ccccc1.c1ccccc1.c1ccncc1. The molecule has 2 unspecified atom stereocenters. The Morgan fingerprint density at radius 2 is 0.777 bits per heavy atom. The number of alkyl halides is 4. The van der Waals surface area contributed by atoms with Gasteiger partial charge in [0.25, 0.3) is 0 Å². The van der Waals surface area contributed by atoms with Gasteiger partial charge >= 0.3 is 0 Å². The van der Waals surface area contributed by atoms with Crippen LogP contribution in [-0.4, -0.2) is 86.6 Å². The van der Waals surface area contributed by atoms with E-state index in [0.29, 0.717) is 12.5 Å². The molecule has 7 aromatic carbocycles. The Hall–Kier alpha value is -5.62. The summed E-state index contributed by atoms with van der Waals surface area (Å²) in [6, 6.07) is 78.3. The van der Waals surface area contributed by atoms with Crippen molar-refractivity contribution in [1.29, 1.82) is 0 Å². The Balaban J connectivity index is -0.000000192. The maximum atomic E-state index is 9.01. The molecule has 3 aliphatic rings. The molecule has 0 amide bonds. The summed E-state index contributed by atoms with van der Waals surface area (Å²) in [5, 5.41) is 16.7. The molecule has 2 aromatic heterocycles. The van der Waals surface area contributed by atoms with Crippen molar-refractivity contribution in [2.75, 3.05) is 65.4 Å². The molecule has 7 nitrogen and oxygen atoms in total. The number of ether oxygens (including phenoxy) is 2. The summed E-state index contributed by atoms with van der Waals surface area (Å²) in [6.07, 6.45) is 14.9. The molecular weight excluding hydrogens is 1370 g/mol. The quantitative estimate of drug-likeness (QED) is 0.148. The van der Waals surface area contributed by atoms with Gasteiger partial charge in [-0.15, -0.1) is 57.7 Å². The van der Waals surface area contributed by atoms with Crippen molar-refractivity contribution in [3.05, 3.63) is 271 Å². The maximum Gasteiger partial charge on any atom is 0.119 e. The predicted octanol–water partition coefficient (Wildman–Crippen LogP) is 27.4. The van der Waals surface area contributed by atoms with E-state index in [0.717, 1.165) is 77.4 Å². The number of aliphatic hydroxyl groups is 1. The topological polar surface area (TPSA) is 88.5 Å². The van der Waals surface area contributed by atoms with E-state index in [9.17, 15) is 0 Å². The summed E-state index contributed by atoms with van der Waals surface area (Å²) in [5.74, 6) is 5.62. The number of hydrogen-bond donors (Lipinski definition) is 3. The number of methoxy groups -OCH3 is 1. The van der Waals surface area contributed by atoms with Crippen LogP contribution in [0.15, 0.2) is 249 Å². The number of benzene rings is 7. The molecule has 1 spiro atoms. The molecule has 4 heterocycles. The lowest BCUT2D eigenvalue weighted by atomic mass is 10.0. The highest BCUT2D eigenvalue weighted by Crippen LogP contribution is 2.50. The van der Waals surface area contributed by atoms with Crippen molar-refractivity contribution in [2.24, 2.45) is 40.9 Å². The minimum atomic E-state index is -0.120. The van der Waals surface area contributed by atoms with Gasteiger partial charge in [0.05, 0.1) is 34.5 Å². The second-order valence-corrected chi connectivity index (χ2v) is 27.8. The Kier molecular flexibility index (Phi) is 93.6. The summed E-state index contributed by atoms with van der Waals surface area (Å²) in [7, 11) is 1.70. The fraction of sp³-hybridized carbons (Fsp3) is 0.473. The van der Waals surface area contributed by atoms with E-state index in [1.807, 2.05) is 227 Å². The fourth-order valence-electron chi connectivity index (χ4n) is 7.05. The van der Waals surface area contributed by atoms with Gasteiger partial charge in [-0.05, 0) is 156 Å². The van der Waals surface area contributed by atoms with Crippen molar-refractivity contribution in [3.63, 3.8) is 0 Å². The van der Waals surface area contributed by atoms with E-state index in [2.05, 4.69) is 215 Å². The first kappa shape index (κ1) is 111. The molecule has 12 heteroatoms. The number of aliphatic hydroxyl groups excluding tert-OH is 1. The number of nitrogens with one attached hydrogen (secondary N) is 2. The molecule has 1 saturated carbocycles. The standard InChI is InChI=1S/C8H7NS.2C8H10O.2C7H8.C6H13NO.C6H11N.2C6H6.C5H5N.5C4H10.4CH3Cl/c1-6-9-7-4-2-3-5-8(7)10-6;1-9-7-8-5-3-2-4-6-8;1-2-9-8-6-4-3-5-7-8;2*1-7-5-3-2-4-6-7;1-5(8)6-2-3-7-4-6;1-2-6(1)3-4-7-5-6;3*1-2-4-6-5-3-1;5*1-4(2)3;4*1-2/h2-5H,1H3;2-6H,7H2,1H3;3-7H,2H2,1H3;2*2-6H,1H3;5-8H,2-4H2,1H3;7H,1-5H2;2*1-6H;1-5H;5*4H,1-3H3;4*1H3. The van der Waals surface area contributed by atoms with Gasteiger partial charge < -0.3 is 25.2 Å². The van der Waals surface area contributed by atoms with Crippen LogP contribution in [0.4, 0.5) is 0 Å². The molecule has 2 atom stereocenters. The van der Waals surface area contributed by atoms with Crippen LogP contribution in [0.3, 0.4) is 0 Å². The number of rotatable bonds is 5. The van der Waals surface area contributed by atoms with Crippen molar-refractivity contribution in [1.82, 2.24) is 20.6 Å². The van der Waals surface area contributed by atoms with Crippen LogP contribution >= 0.6 is 57.7 Å². The van der Waals surface area contributed by atoms with Gasteiger partial charge in [0, 0.05) is 58.1 Å². The third-order valence-electron chi connectivity index (χ3n) is 11.5. The molecule has 0 radical (unpaired) electrons. The van der Waals surface area contributed by atoms with E-state index in [-0.39, 0.29) is 6.10 Å². The van der Waals surface area contributed by atoms with Gasteiger partial charge in [-0.25, -0.2) is 4.98 Å². The number of nitrogens with zero attached hydrogens (tertiary/aromatic N) is 2. The summed E-state index contributed by atoms with van der Waals surface area (Å²) in [6.45, 7) is 48.7. The van der Waals surface area contributed by atoms with Gasteiger partial charge in [-0.3, -0.25) is 4.98 Å². The molecule has 1 aliphatic carbocycles. The minimum Gasteiger partial charge on any atom is -0.494 e. The first-order valence-corrected chi connectivity index (χ1v) is 40.3. The van der Waals surface area contributed by atoms with Gasteiger partial charge in [-0.1, -0.05) is 315 Å². The molecule has 3 N–H and O–H groups in total. The number of thiazole rings is 1. The van der Waals surface area contributed by atoms with Gasteiger partial charge in [0.15, 0.2) is 0 Å². The number of pyridine rings is 1. The molecule has 3 fully saturated rings. The Morgan fingerprint density at radius 3 is 1.01 bits per heavy atom. The highest BCUT2D eigenvalue weighted by Gasteiger charge is 2.44. The lowest BCUT2D eigenvalue weighted by molar-refractivity contribution is 0.136. The second kappa shape index (κ2) is 87.0. The Labute approximate surface area is 658 Å². The van der Waals surface area contributed by atoms with Gasteiger partial charge in [0.1, 0.15) is 5.75 Å². The molecule has 582 valence electrons. The lowest BCUT2D eigenvalue weighted by Crippen LogP contribution is -2.19. The van der Waals surface area contributed by atoms with Crippen LogP contribution in [-0.2, 0) is 11.3 Å². The number of fused-ring (bicyclic) bond motifs is 1. The molecule has 12 rings (SSSR count). The average molecular weight is 1520 g/mol. The normalized spacial score (nSPS) is 12.1. The number of hydrogen-bond acceptors (Lipinski definition) is 8. The van der Waals surface area contributed by atoms with Crippen molar-refractivity contribution in [3.8, 4) is 5.75 Å². The number of para-hydroxylation sites is 2. The zero-order chi connectivity index (χ0) is 79.6. The van der Waals surface area contributed by atoms with Crippen LogP contribution in [0.2, 0.25) is 0 Å². The van der Waals surface area contributed by atoms with Crippen molar-refractivity contribution < 1.29 is 14.6 Å². The van der Waals surface area contributed by atoms with Crippen LogP contribution < -0.4 is 15.4 Å². The number of halogens is 4. The summed E-state index contributed by atoms with van der Waals surface area (Å²) in [5.41, 5.74) is 5.81. The predicted molar refractivity (Wildman–Crippen MR) is 470 cm³/mol. The first-order valence-electron chi connectivity index (χ1n) is 36.4. The fourth-order valence-corrected chi connectivity index (χ4v) is 7.88. The van der Waals surface area contributed by atoms with Gasteiger partial charge in [-0.2, -0.15) is 0 Å². The smallest absolute Gasteiger partial charge is 0.119 e. The summed E-state index contributed by atoms with van der Waals surface area (Å²) >= 11 is 20.3. The minimum absolute atomic E-state index is 0.120. The first-order chi connectivity index (χ1) is 49.4. The van der Waals surface area contributed by atoms with Gasteiger partial charge in [0.2, 0.25) is 0 Å². The second-order valence-electron chi connectivity index (χ2n) is 26.6. The highest BCUT2D eigenvalue weighted by molar-refractivity contribution is 7.18. The monoisotopic (exact) mass is 1510 g/mol. The molecule has 0 bridgehead atoms. The lowest BCUT2D eigenvalue weighted by Gasteiger charge is -2.09. The molecule has 2 aliphatic heterocycles. The van der Waals surface area contributed by atoms with E-state index >= 15 is 0 Å². The summed E-state index contributed by atoms with van der Waals surface area (Å²) in [4.78, 5) is 8.12. The summed E-state index contributed by atoms with van der Waals surface area (Å²) < 4.78 is 11.4. The third kappa shape index (κ3) is 96.4. The van der Waals surface area contributed by atoms with Crippen LogP contribution in [0.25, 0.3) is 10.2 Å². The van der Waals surface area contributed by atoms with Crippen molar-refractivity contribution in [2.45, 2.75) is 177 Å². The van der Waals surface area contributed by atoms with Crippen LogP contribution in [0.5, 0.6) is 5.75 Å². The zero-order valence-electron chi connectivity index (χ0n) is 68.9. The molecule has 9 aromatic rings. The van der Waals surface area contributed by atoms with Crippen molar-refractivity contribution >= 4 is 68.0 Å². The molecule has 2 saturated heterocycles. The van der Waals surface area contributed by atoms with Crippen LogP contribution in [0, 0.1) is 61.7 Å². The average Bonchev–Trinajstić information content (AvgIpc) is 1.65. The van der Waals surface area contributed by atoms with E-state index in [1.165, 1.54) is 79.3 Å². The zero-order valence-corrected chi connectivity index (χ0v) is 72.7. The van der Waals surface area contributed by atoms with E-state index < -0.39 is 0 Å². The molecule has 103 heavy (non-hydrogen) atoms. The number of aromatic nitrogens is 2.